The smallest absolute Gasteiger partial charge is 0.227 e. The van der Waals surface area contributed by atoms with Crippen LogP contribution in [0.2, 0.25) is 0 Å². The second-order valence-corrected chi connectivity index (χ2v) is 5.16. The van der Waals surface area contributed by atoms with Gasteiger partial charge in [-0.05, 0) is 25.0 Å². The first-order chi connectivity index (χ1) is 9.47. The Hall–Kier alpha value is -2.17. The highest BCUT2D eigenvalue weighted by atomic mass is 16.2. The standard InChI is InChI=1S/C15H20N4O/c1-11-5-6-12(2)13(7-11)8-15(20)18(3)9-14-16-10-17-19(14)4/h5-7,10H,8-9H2,1-4H3. The normalized spacial score (nSPS) is 10.6. The van der Waals surface area contributed by atoms with Gasteiger partial charge in [0.15, 0.2) is 0 Å². The van der Waals surface area contributed by atoms with E-state index < -0.39 is 0 Å². The average molecular weight is 272 g/mol. The average Bonchev–Trinajstić information content (AvgIpc) is 2.79. The fourth-order valence-corrected chi connectivity index (χ4v) is 2.05. The Kier molecular flexibility index (Phi) is 4.17. The molecule has 1 aromatic heterocycles. The number of benzene rings is 1. The third-order valence-electron chi connectivity index (χ3n) is 3.46. The molecule has 106 valence electrons. The first-order valence-corrected chi connectivity index (χ1v) is 6.60. The predicted molar refractivity (Wildman–Crippen MR) is 77.1 cm³/mol. The number of carbonyl (C=O) groups is 1. The lowest BCUT2D eigenvalue weighted by Gasteiger charge is -2.17. The van der Waals surface area contributed by atoms with Gasteiger partial charge >= 0.3 is 0 Å². The summed E-state index contributed by atoms with van der Waals surface area (Å²) in [5.74, 6) is 0.864. The van der Waals surface area contributed by atoms with Gasteiger partial charge < -0.3 is 4.90 Å². The fourth-order valence-electron chi connectivity index (χ4n) is 2.05. The summed E-state index contributed by atoms with van der Waals surface area (Å²) in [7, 11) is 3.62. The first-order valence-electron chi connectivity index (χ1n) is 6.60. The van der Waals surface area contributed by atoms with E-state index in [2.05, 4.69) is 28.3 Å². The van der Waals surface area contributed by atoms with E-state index in [9.17, 15) is 4.79 Å². The minimum absolute atomic E-state index is 0.0849. The summed E-state index contributed by atoms with van der Waals surface area (Å²) in [6.07, 6.45) is 1.92. The zero-order chi connectivity index (χ0) is 14.7. The Morgan fingerprint density at radius 2 is 2.10 bits per heavy atom. The molecule has 0 N–H and O–H groups in total. The number of likely N-dealkylation sites (N-methyl/N-ethyl adjacent to an activating group) is 1. The number of amides is 1. The van der Waals surface area contributed by atoms with Crippen LogP contribution in [0.5, 0.6) is 0 Å². The van der Waals surface area contributed by atoms with Crippen LogP contribution in [0, 0.1) is 13.8 Å². The summed E-state index contributed by atoms with van der Waals surface area (Å²) in [5.41, 5.74) is 3.41. The van der Waals surface area contributed by atoms with Gasteiger partial charge in [0.2, 0.25) is 5.91 Å². The molecule has 2 aromatic rings. The van der Waals surface area contributed by atoms with Crippen molar-refractivity contribution in [3.8, 4) is 0 Å². The maximum atomic E-state index is 12.3. The molecule has 0 aliphatic heterocycles. The summed E-state index contributed by atoms with van der Waals surface area (Å²) in [5, 5.41) is 4.01. The number of aromatic nitrogens is 3. The van der Waals surface area contributed by atoms with E-state index in [1.807, 2.05) is 20.9 Å². The number of nitrogens with zero attached hydrogens (tertiary/aromatic N) is 4. The largest absolute Gasteiger partial charge is 0.338 e. The van der Waals surface area contributed by atoms with E-state index in [1.54, 1.807) is 16.6 Å². The van der Waals surface area contributed by atoms with E-state index in [4.69, 9.17) is 0 Å². The van der Waals surface area contributed by atoms with Gasteiger partial charge in [-0.1, -0.05) is 23.8 Å². The third-order valence-corrected chi connectivity index (χ3v) is 3.46. The highest BCUT2D eigenvalue weighted by molar-refractivity contribution is 5.78. The molecular formula is C15H20N4O. The van der Waals surface area contributed by atoms with Crippen LogP contribution in [-0.2, 0) is 24.8 Å². The minimum Gasteiger partial charge on any atom is -0.338 e. The lowest BCUT2D eigenvalue weighted by Crippen LogP contribution is -2.29. The Labute approximate surface area is 119 Å². The Morgan fingerprint density at radius 3 is 2.75 bits per heavy atom. The summed E-state index contributed by atoms with van der Waals surface area (Å²) in [6, 6.07) is 6.19. The third kappa shape index (κ3) is 3.23. The molecule has 0 radical (unpaired) electrons. The lowest BCUT2D eigenvalue weighted by atomic mass is 10.0. The fraction of sp³-hybridized carbons (Fsp3) is 0.400. The van der Waals surface area contributed by atoms with Crippen molar-refractivity contribution in [2.24, 2.45) is 7.05 Å². The number of hydrogen-bond donors (Lipinski definition) is 0. The highest BCUT2D eigenvalue weighted by Gasteiger charge is 2.13. The molecular weight excluding hydrogens is 252 g/mol. The molecule has 0 atom stereocenters. The van der Waals surface area contributed by atoms with Crippen LogP contribution in [0.4, 0.5) is 0 Å². The molecule has 5 heteroatoms. The summed E-state index contributed by atoms with van der Waals surface area (Å²) < 4.78 is 1.68. The number of rotatable bonds is 4. The molecule has 0 spiro atoms. The van der Waals surface area contributed by atoms with E-state index >= 15 is 0 Å². The molecule has 1 amide bonds. The second kappa shape index (κ2) is 5.86. The van der Waals surface area contributed by atoms with Crippen molar-refractivity contribution in [1.29, 1.82) is 0 Å². The van der Waals surface area contributed by atoms with Crippen molar-refractivity contribution < 1.29 is 4.79 Å². The molecule has 0 bridgehead atoms. The quantitative estimate of drug-likeness (QED) is 0.850. The van der Waals surface area contributed by atoms with E-state index in [0.717, 1.165) is 17.0 Å². The predicted octanol–water partition coefficient (Wildman–Crippen LogP) is 1.63. The van der Waals surface area contributed by atoms with Crippen molar-refractivity contribution in [3.05, 3.63) is 47.0 Å². The van der Waals surface area contributed by atoms with E-state index in [0.29, 0.717) is 13.0 Å². The molecule has 0 saturated heterocycles. The Morgan fingerprint density at radius 1 is 1.35 bits per heavy atom. The van der Waals surface area contributed by atoms with Crippen LogP contribution in [0.3, 0.4) is 0 Å². The van der Waals surface area contributed by atoms with Crippen molar-refractivity contribution >= 4 is 5.91 Å². The van der Waals surface area contributed by atoms with Gasteiger partial charge in [0.1, 0.15) is 12.2 Å². The maximum absolute atomic E-state index is 12.3. The van der Waals surface area contributed by atoms with Crippen LogP contribution in [0.25, 0.3) is 0 Å². The summed E-state index contributed by atoms with van der Waals surface area (Å²) in [6.45, 7) is 4.54. The molecule has 5 nitrogen and oxygen atoms in total. The molecule has 0 aliphatic rings. The van der Waals surface area contributed by atoms with Gasteiger partial charge in [-0.25, -0.2) is 4.98 Å². The SMILES string of the molecule is Cc1ccc(C)c(CC(=O)N(C)Cc2ncnn2C)c1. The van der Waals surface area contributed by atoms with Gasteiger partial charge in [0.05, 0.1) is 13.0 Å². The summed E-state index contributed by atoms with van der Waals surface area (Å²) >= 11 is 0. The molecule has 0 unspecified atom stereocenters. The second-order valence-electron chi connectivity index (χ2n) is 5.16. The maximum Gasteiger partial charge on any atom is 0.227 e. The highest BCUT2D eigenvalue weighted by Crippen LogP contribution is 2.12. The summed E-state index contributed by atoms with van der Waals surface area (Å²) in [4.78, 5) is 18.1. The van der Waals surface area contributed by atoms with Crippen LogP contribution in [0.1, 0.15) is 22.5 Å². The lowest BCUT2D eigenvalue weighted by molar-refractivity contribution is -0.129. The van der Waals surface area contributed by atoms with Gasteiger partial charge in [0, 0.05) is 14.1 Å². The van der Waals surface area contributed by atoms with Crippen molar-refractivity contribution in [3.63, 3.8) is 0 Å². The number of hydrogen-bond acceptors (Lipinski definition) is 3. The van der Waals surface area contributed by atoms with Crippen LogP contribution in [-0.4, -0.2) is 32.6 Å². The Bertz CT molecular complexity index is 618. The molecule has 1 heterocycles. The molecule has 1 aromatic carbocycles. The van der Waals surface area contributed by atoms with Crippen LogP contribution in [0.15, 0.2) is 24.5 Å². The molecule has 0 fully saturated rings. The van der Waals surface area contributed by atoms with Gasteiger partial charge in [-0.15, -0.1) is 0 Å². The van der Waals surface area contributed by atoms with E-state index in [1.165, 1.54) is 11.9 Å². The van der Waals surface area contributed by atoms with Crippen molar-refractivity contribution in [2.75, 3.05) is 7.05 Å². The van der Waals surface area contributed by atoms with Gasteiger partial charge in [-0.2, -0.15) is 5.10 Å². The molecule has 20 heavy (non-hydrogen) atoms. The van der Waals surface area contributed by atoms with E-state index in [-0.39, 0.29) is 5.91 Å². The first kappa shape index (κ1) is 14.2. The van der Waals surface area contributed by atoms with Crippen LogP contribution >= 0.6 is 0 Å². The van der Waals surface area contributed by atoms with Crippen molar-refractivity contribution in [2.45, 2.75) is 26.8 Å². The van der Waals surface area contributed by atoms with Crippen LogP contribution < -0.4 is 0 Å². The topological polar surface area (TPSA) is 51.0 Å². The monoisotopic (exact) mass is 272 g/mol. The molecule has 2 rings (SSSR count). The van der Waals surface area contributed by atoms with Gasteiger partial charge in [0.25, 0.3) is 0 Å². The van der Waals surface area contributed by atoms with Gasteiger partial charge in [-0.3, -0.25) is 9.48 Å². The zero-order valence-corrected chi connectivity index (χ0v) is 12.4. The number of carbonyl (C=O) groups excluding carboxylic acids is 1. The van der Waals surface area contributed by atoms with Crippen molar-refractivity contribution in [1.82, 2.24) is 19.7 Å². The minimum atomic E-state index is 0.0849. The number of aryl methyl sites for hydroxylation is 3. The zero-order valence-electron chi connectivity index (χ0n) is 12.4. The Balaban J connectivity index is 2.04. The molecule has 0 saturated carbocycles. The molecule has 0 aliphatic carbocycles.